The second-order valence-electron chi connectivity index (χ2n) is 5.89. The molecular weight excluding hydrogens is 388 g/mol. The van der Waals surface area contributed by atoms with Gasteiger partial charge in [0.1, 0.15) is 0 Å². The molecule has 0 bridgehead atoms. The molecule has 10 heteroatoms. The van der Waals surface area contributed by atoms with Gasteiger partial charge in [0, 0.05) is 17.8 Å². The Bertz CT molecular complexity index is 1060. The van der Waals surface area contributed by atoms with Gasteiger partial charge in [0.2, 0.25) is 5.91 Å². The van der Waals surface area contributed by atoms with Crippen molar-refractivity contribution in [1.29, 1.82) is 0 Å². The van der Waals surface area contributed by atoms with Crippen LogP contribution in [0.1, 0.15) is 15.9 Å². The summed E-state index contributed by atoms with van der Waals surface area (Å²) in [4.78, 5) is 23.5. The lowest BCUT2D eigenvalue weighted by molar-refractivity contribution is -0.115. The second-order valence-corrected chi connectivity index (χ2v) is 7.58. The van der Waals surface area contributed by atoms with E-state index in [1.807, 2.05) is 0 Å². The summed E-state index contributed by atoms with van der Waals surface area (Å²) in [6, 6.07) is 6.96. The number of hydrogen-bond donors (Lipinski definition) is 2. The van der Waals surface area contributed by atoms with Crippen LogP contribution < -0.4 is 19.5 Å². The summed E-state index contributed by atoms with van der Waals surface area (Å²) in [6.45, 7) is 0. The van der Waals surface area contributed by atoms with Crippen molar-refractivity contribution in [3.05, 3.63) is 41.5 Å². The highest BCUT2D eigenvalue weighted by Crippen LogP contribution is 2.35. The minimum absolute atomic E-state index is 0.0285. The number of hydrogen-bond acceptors (Lipinski definition) is 7. The number of anilines is 2. The van der Waals surface area contributed by atoms with Gasteiger partial charge in [0.25, 0.3) is 10.0 Å². The van der Waals surface area contributed by atoms with Crippen LogP contribution in [0.5, 0.6) is 11.5 Å². The lowest BCUT2D eigenvalue weighted by Gasteiger charge is -2.15. The molecule has 0 spiro atoms. The van der Waals surface area contributed by atoms with Crippen LogP contribution in [0.25, 0.3) is 0 Å². The van der Waals surface area contributed by atoms with E-state index >= 15 is 0 Å². The van der Waals surface area contributed by atoms with Gasteiger partial charge in [0.05, 0.1) is 43.9 Å². The Kier molecular flexibility index (Phi) is 5.14. The molecule has 0 radical (unpaired) electrons. The number of carbonyl (C=O) groups excluding carboxylic acids is 2. The molecule has 0 saturated carbocycles. The molecule has 0 unspecified atom stereocenters. The molecule has 28 heavy (non-hydrogen) atoms. The van der Waals surface area contributed by atoms with Crippen molar-refractivity contribution >= 4 is 33.3 Å². The fourth-order valence-corrected chi connectivity index (χ4v) is 3.94. The minimum atomic E-state index is -4.05. The Balaban J connectivity index is 2.03. The van der Waals surface area contributed by atoms with Crippen molar-refractivity contribution in [2.45, 2.75) is 11.3 Å². The summed E-state index contributed by atoms with van der Waals surface area (Å²) < 4.78 is 43.2. The summed E-state index contributed by atoms with van der Waals surface area (Å²) in [7, 11) is -0.0932. The van der Waals surface area contributed by atoms with E-state index in [-0.39, 0.29) is 40.0 Å². The molecule has 0 aromatic heterocycles. The number of benzene rings is 2. The van der Waals surface area contributed by atoms with Crippen LogP contribution in [0.2, 0.25) is 0 Å². The zero-order valence-corrected chi connectivity index (χ0v) is 16.2. The number of nitrogens with one attached hydrogen (secondary N) is 2. The van der Waals surface area contributed by atoms with Gasteiger partial charge in [-0.25, -0.2) is 13.2 Å². The normalized spacial score (nSPS) is 12.8. The van der Waals surface area contributed by atoms with Gasteiger partial charge in [-0.05, 0) is 23.8 Å². The summed E-state index contributed by atoms with van der Waals surface area (Å²) in [5.74, 6) is -0.475. The Morgan fingerprint density at radius 1 is 1.07 bits per heavy atom. The number of sulfonamides is 1. The number of esters is 1. The molecule has 1 amide bonds. The molecule has 9 nitrogen and oxygen atoms in total. The molecule has 2 aromatic carbocycles. The lowest BCUT2D eigenvalue weighted by Crippen LogP contribution is -2.16. The maximum atomic E-state index is 12.9. The van der Waals surface area contributed by atoms with Crippen LogP contribution in [0.4, 0.5) is 11.4 Å². The van der Waals surface area contributed by atoms with Crippen molar-refractivity contribution < 1.29 is 32.2 Å². The van der Waals surface area contributed by atoms with Crippen molar-refractivity contribution in [3.63, 3.8) is 0 Å². The molecule has 148 valence electrons. The van der Waals surface area contributed by atoms with Gasteiger partial charge in [-0.2, -0.15) is 0 Å². The van der Waals surface area contributed by atoms with E-state index in [4.69, 9.17) is 14.2 Å². The quantitative estimate of drug-likeness (QED) is 0.702. The summed E-state index contributed by atoms with van der Waals surface area (Å²) in [5, 5.41) is 2.64. The molecule has 0 aliphatic carbocycles. The van der Waals surface area contributed by atoms with E-state index in [1.165, 1.54) is 51.7 Å². The molecular formula is C18H18N2O7S. The van der Waals surface area contributed by atoms with Crippen molar-refractivity contribution in [2.24, 2.45) is 0 Å². The third kappa shape index (κ3) is 3.58. The summed E-state index contributed by atoms with van der Waals surface area (Å²) >= 11 is 0. The molecule has 2 N–H and O–H groups in total. The van der Waals surface area contributed by atoms with Crippen LogP contribution in [0, 0.1) is 0 Å². The average molecular weight is 406 g/mol. The first-order chi connectivity index (χ1) is 13.3. The van der Waals surface area contributed by atoms with E-state index in [1.54, 1.807) is 0 Å². The van der Waals surface area contributed by atoms with E-state index in [9.17, 15) is 18.0 Å². The number of amides is 1. The zero-order valence-electron chi connectivity index (χ0n) is 15.4. The number of rotatable bonds is 6. The number of ether oxygens (including phenoxy) is 3. The smallest absolute Gasteiger partial charge is 0.340 e. The Morgan fingerprint density at radius 2 is 1.75 bits per heavy atom. The van der Waals surface area contributed by atoms with Gasteiger partial charge >= 0.3 is 5.97 Å². The molecule has 3 rings (SSSR count). The van der Waals surface area contributed by atoms with Gasteiger partial charge in [-0.1, -0.05) is 0 Å². The zero-order chi connectivity index (χ0) is 20.5. The van der Waals surface area contributed by atoms with Crippen LogP contribution in [-0.2, 0) is 26.0 Å². The number of fused-ring (bicyclic) bond motifs is 1. The molecule has 1 aliphatic rings. The largest absolute Gasteiger partial charge is 0.493 e. The first-order valence-electron chi connectivity index (χ1n) is 8.09. The number of methoxy groups -OCH3 is 3. The lowest BCUT2D eigenvalue weighted by atomic mass is 10.1. The third-order valence-corrected chi connectivity index (χ3v) is 5.55. The van der Waals surface area contributed by atoms with Crippen LogP contribution in [0.3, 0.4) is 0 Å². The van der Waals surface area contributed by atoms with Crippen molar-refractivity contribution in [2.75, 3.05) is 31.4 Å². The molecule has 2 aromatic rings. The first kappa shape index (κ1) is 19.5. The molecule has 0 saturated heterocycles. The van der Waals surface area contributed by atoms with Gasteiger partial charge in [-0.3, -0.25) is 9.52 Å². The highest BCUT2D eigenvalue weighted by molar-refractivity contribution is 7.92. The molecule has 1 aliphatic heterocycles. The topological polar surface area (TPSA) is 120 Å². The first-order valence-corrected chi connectivity index (χ1v) is 9.57. The second kappa shape index (κ2) is 7.39. The maximum absolute atomic E-state index is 12.9. The molecule has 0 fully saturated rings. The molecule has 0 atom stereocenters. The van der Waals surface area contributed by atoms with Crippen LogP contribution >= 0.6 is 0 Å². The standard InChI is InChI=1S/C18H18N2O7S/c1-25-15-8-12(18(22)27-3)14(9-16(15)26-2)20-28(23,24)11-4-5-13-10(6-11)7-17(21)19-13/h4-6,8-9,20H,7H2,1-3H3,(H,19,21). The van der Waals surface area contributed by atoms with E-state index in [0.717, 1.165) is 0 Å². The van der Waals surface area contributed by atoms with Crippen molar-refractivity contribution in [1.82, 2.24) is 0 Å². The Hall–Kier alpha value is -3.27. The Labute approximate surface area is 161 Å². The fourth-order valence-electron chi connectivity index (χ4n) is 2.82. The monoisotopic (exact) mass is 406 g/mol. The van der Waals surface area contributed by atoms with E-state index in [2.05, 4.69) is 10.0 Å². The predicted molar refractivity (Wildman–Crippen MR) is 100 cm³/mol. The minimum Gasteiger partial charge on any atom is -0.493 e. The molecule has 1 heterocycles. The van der Waals surface area contributed by atoms with Gasteiger partial charge in [-0.15, -0.1) is 0 Å². The predicted octanol–water partition coefficient (Wildman–Crippen LogP) is 1.79. The van der Waals surface area contributed by atoms with Crippen LogP contribution in [-0.4, -0.2) is 41.6 Å². The van der Waals surface area contributed by atoms with Gasteiger partial charge in [0.15, 0.2) is 11.5 Å². The summed E-state index contributed by atoms with van der Waals surface area (Å²) in [5.41, 5.74) is 1.08. The summed E-state index contributed by atoms with van der Waals surface area (Å²) in [6.07, 6.45) is 0.0997. The van der Waals surface area contributed by atoms with E-state index < -0.39 is 16.0 Å². The number of carbonyl (C=O) groups is 2. The Morgan fingerprint density at radius 3 is 2.39 bits per heavy atom. The van der Waals surface area contributed by atoms with Crippen LogP contribution in [0.15, 0.2) is 35.2 Å². The SMILES string of the molecule is COC(=O)c1cc(OC)c(OC)cc1NS(=O)(=O)c1ccc2c(c1)CC(=O)N2. The van der Waals surface area contributed by atoms with Gasteiger partial charge < -0.3 is 19.5 Å². The fraction of sp³-hybridized carbons (Fsp3) is 0.222. The average Bonchev–Trinajstić information content (AvgIpc) is 3.05. The highest BCUT2D eigenvalue weighted by Gasteiger charge is 2.25. The third-order valence-electron chi connectivity index (χ3n) is 4.19. The van der Waals surface area contributed by atoms with Crippen molar-refractivity contribution in [3.8, 4) is 11.5 Å². The van der Waals surface area contributed by atoms with E-state index in [0.29, 0.717) is 11.3 Å². The highest BCUT2D eigenvalue weighted by atomic mass is 32.2. The maximum Gasteiger partial charge on any atom is 0.340 e.